The van der Waals surface area contributed by atoms with Crippen LogP contribution in [-0.2, 0) is 13.1 Å². The number of fused-ring (bicyclic) bond motifs is 1. The van der Waals surface area contributed by atoms with Crippen LogP contribution >= 0.6 is 24.8 Å². The summed E-state index contributed by atoms with van der Waals surface area (Å²) < 4.78 is 1.86. The van der Waals surface area contributed by atoms with Gasteiger partial charge in [-0.1, -0.05) is 62.4 Å². The molecule has 0 fully saturated rings. The summed E-state index contributed by atoms with van der Waals surface area (Å²) in [6.07, 6.45) is 0. The summed E-state index contributed by atoms with van der Waals surface area (Å²) in [5.41, 5.74) is 9.20. The first-order valence-corrected chi connectivity index (χ1v) is 8.03. The van der Waals surface area contributed by atoms with Crippen LogP contribution in [-0.4, -0.2) is 4.57 Å². The summed E-state index contributed by atoms with van der Waals surface area (Å²) >= 11 is 0. The second-order valence-corrected chi connectivity index (χ2v) is 6.25. The van der Waals surface area contributed by atoms with Gasteiger partial charge in [-0.25, -0.2) is 0 Å². The topological polar surface area (TPSA) is 48.0 Å². The maximum absolute atomic E-state index is 12.9. The van der Waals surface area contributed by atoms with Crippen LogP contribution < -0.4 is 11.3 Å². The molecule has 134 valence electrons. The Morgan fingerprint density at radius 3 is 2.04 bits per heavy atom. The van der Waals surface area contributed by atoms with Crippen LogP contribution in [0.2, 0.25) is 0 Å². The van der Waals surface area contributed by atoms with E-state index in [9.17, 15) is 4.79 Å². The minimum Gasteiger partial charge on any atom is -0.325 e. The van der Waals surface area contributed by atoms with Gasteiger partial charge in [0.25, 0.3) is 5.56 Å². The molecular weight excluding hydrogens is 355 g/mol. The fraction of sp³-hybridized carbons (Fsp3) is 0.250. The molecule has 0 aliphatic rings. The maximum atomic E-state index is 12.9. The molecule has 2 aromatic carbocycles. The zero-order chi connectivity index (χ0) is 16.4. The van der Waals surface area contributed by atoms with Crippen molar-refractivity contribution >= 4 is 35.6 Å². The van der Waals surface area contributed by atoms with Crippen LogP contribution in [0.3, 0.4) is 0 Å². The van der Waals surface area contributed by atoms with E-state index >= 15 is 0 Å². The van der Waals surface area contributed by atoms with Crippen LogP contribution in [0.25, 0.3) is 21.9 Å². The van der Waals surface area contributed by atoms with E-state index in [1.54, 1.807) is 0 Å². The van der Waals surface area contributed by atoms with Gasteiger partial charge in [-0.05, 0) is 22.9 Å². The third-order valence-corrected chi connectivity index (χ3v) is 4.09. The summed E-state index contributed by atoms with van der Waals surface area (Å²) in [5.74, 6) is 0.378. The van der Waals surface area contributed by atoms with Crippen molar-refractivity contribution in [2.75, 3.05) is 0 Å². The van der Waals surface area contributed by atoms with E-state index < -0.39 is 0 Å². The number of aromatic nitrogens is 1. The zero-order valence-corrected chi connectivity index (χ0v) is 16.1. The molecule has 3 aromatic rings. The SMILES string of the molecule is CC(C)Cn1c(CN)c(-c2ccccc2)c2ccccc2c1=O.Cl.Cl. The van der Waals surface area contributed by atoms with Gasteiger partial charge in [0.15, 0.2) is 0 Å². The summed E-state index contributed by atoms with van der Waals surface area (Å²) in [6.45, 7) is 5.25. The number of hydrogen-bond acceptors (Lipinski definition) is 2. The number of nitrogens with two attached hydrogens (primary N) is 1. The third-order valence-electron chi connectivity index (χ3n) is 4.09. The Bertz CT molecular complexity index is 889. The van der Waals surface area contributed by atoms with Crippen molar-refractivity contribution in [3.05, 3.63) is 70.6 Å². The third kappa shape index (κ3) is 4.06. The number of nitrogens with zero attached hydrogens (tertiary/aromatic N) is 1. The largest absolute Gasteiger partial charge is 0.325 e. The second kappa shape index (κ2) is 9.04. The fourth-order valence-electron chi connectivity index (χ4n) is 3.14. The van der Waals surface area contributed by atoms with E-state index in [1.165, 1.54) is 0 Å². The van der Waals surface area contributed by atoms with Crippen LogP contribution in [0, 0.1) is 5.92 Å². The minimum absolute atomic E-state index is 0. The fourth-order valence-corrected chi connectivity index (χ4v) is 3.14. The lowest BCUT2D eigenvalue weighted by Crippen LogP contribution is -2.28. The molecule has 3 rings (SSSR count). The van der Waals surface area contributed by atoms with Crippen molar-refractivity contribution in [1.82, 2.24) is 4.57 Å². The Morgan fingerprint density at radius 1 is 0.920 bits per heavy atom. The predicted molar refractivity (Wildman–Crippen MR) is 111 cm³/mol. The minimum atomic E-state index is 0. The van der Waals surface area contributed by atoms with Gasteiger partial charge in [-0.2, -0.15) is 0 Å². The first-order valence-electron chi connectivity index (χ1n) is 8.03. The summed E-state index contributed by atoms with van der Waals surface area (Å²) in [4.78, 5) is 12.9. The molecule has 0 aliphatic heterocycles. The van der Waals surface area contributed by atoms with Gasteiger partial charge < -0.3 is 10.3 Å². The highest BCUT2D eigenvalue weighted by atomic mass is 35.5. The van der Waals surface area contributed by atoms with E-state index in [-0.39, 0.29) is 30.4 Å². The normalized spacial score (nSPS) is 10.4. The van der Waals surface area contributed by atoms with Crippen LogP contribution in [0.15, 0.2) is 59.4 Å². The highest BCUT2D eigenvalue weighted by Gasteiger charge is 2.17. The number of rotatable bonds is 4. The lowest BCUT2D eigenvalue weighted by atomic mass is 9.96. The monoisotopic (exact) mass is 378 g/mol. The molecule has 1 aromatic heterocycles. The second-order valence-electron chi connectivity index (χ2n) is 6.25. The van der Waals surface area contributed by atoms with E-state index in [0.717, 1.165) is 27.6 Å². The molecule has 0 saturated carbocycles. The van der Waals surface area contributed by atoms with Gasteiger partial charge in [0.1, 0.15) is 0 Å². The molecule has 0 bridgehead atoms. The van der Waals surface area contributed by atoms with Gasteiger partial charge in [-0.15, -0.1) is 24.8 Å². The molecule has 2 N–H and O–H groups in total. The van der Waals surface area contributed by atoms with E-state index in [4.69, 9.17) is 5.73 Å². The Kier molecular flexibility index (Phi) is 7.68. The Morgan fingerprint density at radius 2 is 1.48 bits per heavy atom. The molecule has 0 spiro atoms. The van der Waals surface area contributed by atoms with Crippen molar-refractivity contribution in [3.63, 3.8) is 0 Å². The van der Waals surface area contributed by atoms with Gasteiger partial charge in [0.2, 0.25) is 0 Å². The smallest absolute Gasteiger partial charge is 0.258 e. The lowest BCUT2D eigenvalue weighted by molar-refractivity contribution is 0.499. The molecule has 0 atom stereocenters. The van der Waals surface area contributed by atoms with Gasteiger partial charge >= 0.3 is 0 Å². The molecule has 0 radical (unpaired) electrons. The van der Waals surface area contributed by atoms with Crippen molar-refractivity contribution in [3.8, 4) is 11.1 Å². The van der Waals surface area contributed by atoms with Crippen LogP contribution in [0.4, 0.5) is 0 Å². The highest BCUT2D eigenvalue weighted by Crippen LogP contribution is 2.30. The number of hydrogen-bond donors (Lipinski definition) is 1. The van der Waals surface area contributed by atoms with E-state index in [1.807, 2.05) is 47.0 Å². The number of pyridine rings is 1. The summed E-state index contributed by atoms with van der Waals surface area (Å²) in [5, 5.41) is 1.73. The van der Waals surface area contributed by atoms with E-state index in [0.29, 0.717) is 19.0 Å². The number of benzene rings is 2. The first kappa shape index (κ1) is 21.2. The average Bonchev–Trinajstić information content (AvgIpc) is 2.57. The lowest BCUT2D eigenvalue weighted by Gasteiger charge is -2.20. The van der Waals surface area contributed by atoms with E-state index in [2.05, 4.69) is 26.0 Å². The molecule has 25 heavy (non-hydrogen) atoms. The molecule has 0 unspecified atom stereocenters. The standard InChI is InChI=1S/C20H22N2O.2ClH/c1-14(2)13-22-18(12-21)19(15-8-4-3-5-9-15)16-10-6-7-11-17(16)20(22)23;;/h3-11,14H,12-13,21H2,1-2H3;2*1H. The molecule has 1 heterocycles. The van der Waals surface area contributed by atoms with Crippen LogP contribution in [0.5, 0.6) is 0 Å². The van der Waals surface area contributed by atoms with Crippen molar-refractivity contribution < 1.29 is 0 Å². The summed E-state index contributed by atoms with van der Waals surface area (Å²) in [6, 6.07) is 18.0. The average molecular weight is 379 g/mol. The molecular formula is C20H24Cl2N2O. The molecule has 3 nitrogen and oxygen atoms in total. The van der Waals surface area contributed by atoms with Crippen LogP contribution in [0.1, 0.15) is 19.5 Å². The Hall–Kier alpha value is -1.81. The summed E-state index contributed by atoms with van der Waals surface area (Å²) in [7, 11) is 0. The molecule has 0 aliphatic carbocycles. The molecule has 5 heteroatoms. The van der Waals surface area contributed by atoms with Gasteiger partial charge in [0.05, 0.1) is 0 Å². The van der Waals surface area contributed by atoms with Crippen molar-refractivity contribution in [2.24, 2.45) is 11.7 Å². The first-order chi connectivity index (χ1) is 11.1. The number of halogens is 2. The van der Waals surface area contributed by atoms with Crippen molar-refractivity contribution in [1.29, 1.82) is 0 Å². The van der Waals surface area contributed by atoms with Gasteiger partial charge in [-0.3, -0.25) is 4.79 Å². The molecule has 0 amide bonds. The van der Waals surface area contributed by atoms with Crippen molar-refractivity contribution in [2.45, 2.75) is 26.9 Å². The Balaban J connectivity index is 0.00000156. The van der Waals surface area contributed by atoms with Gasteiger partial charge in [0, 0.05) is 29.7 Å². The maximum Gasteiger partial charge on any atom is 0.258 e. The zero-order valence-electron chi connectivity index (χ0n) is 14.4. The Labute approximate surface area is 160 Å². The highest BCUT2D eigenvalue weighted by molar-refractivity contribution is 5.97. The predicted octanol–water partition coefficient (Wildman–Crippen LogP) is 4.63. The quantitative estimate of drug-likeness (QED) is 0.719. The molecule has 0 saturated heterocycles.